The quantitative estimate of drug-likeness (QED) is 0.603. The average Bonchev–Trinajstić information content (AvgIpc) is 2.16. The highest BCUT2D eigenvalue weighted by Gasteiger charge is 2.31. The van der Waals surface area contributed by atoms with E-state index in [2.05, 4.69) is 13.2 Å². The van der Waals surface area contributed by atoms with E-state index >= 15 is 0 Å². The van der Waals surface area contributed by atoms with E-state index in [1.165, 1.54) is 0 Å². The van der Waals surface area contributed by atoms with Crippen molar-refractivity contribution >= 4 is 5.91 Å². The van der Waals surface area contributed by atoms with Gasteiger partial charge in [-0.3, -0.25) is 4.79 Å². The molecule has 0 aliphatic carbocycles. The predicted octanol–water partition coefficient (Wildman–Crippen LogP) is 2.00. The fourth-order valence-corrected chi connectivity index (χ4v) is 1.36. The second-order valence-electron chi connectivity index (χ2n) is 3.73. The molecule has 0 bridgehead atoms. The maximum absolute atomic E-state index is 12.0. The molecule has 0 saturated carbocycles. The number of amides is 1. The predicted molar refractivity (Wildman–Crippen MR) is 62.7 cm³/mol. The molecule has 0 heterocycles. The lowest BCUT2D eigenvalue weighted by Crippen LogP contribution is -2.47. The number of carbonyl (C=O) groups is 1. The van der Waals surface area contributed by atoms with Gasteiger partial charge >= 0.3 is 0 Å². The second-order valence-corrected chi connectivity index (χ2v) is 3.73. The summed E-state index contributed by atoms with van der Waals surface area (Å²) in [6, 6.07) is 0. The molecule has 3 heteroatoms. The van der Waals surface area contributed by atoms with Crippen LogP contribution < -0.4 is 0 Å². The van der Waals surface area contributed by atoms with Gasteiger partial charge in [0.1, 0.15) is 5.60 Å². The fraction of sp³-hybridized carbons (Fsp3) is 0.583. The van der Waals surface area contributed by atoms with Crippen LogP contribution in [0.25, 0.3) is 0 Å². The molecule has 0 aliphatic heterocycles. The van der Waals surface area contributed by atoms with Gasteiger partial charge in [-0.05, 0) is 20.8 Å². The summed E-state index contributed by atoms with van der Waals surface area (Å²) in [5.74, 6) is -0.0378. The number of hydrogen-bond donors (Lipinski definition) is 0. The van der Waals surface area contributed by atoms with E-state index in [-0.39, 0.29) is 5.91 Å². The molecule has 0 N–H and O–H groups in total. The van der Waals surface area contributed by atoms with Crippen molar-refractivity contribution < 1.29 is 9.53 Å². The third-order valence-corrected chi connectivity index (χ3v) is 2.01. The van der Waals surface area contributed by atoms with Gasteiger partial charge < -0.3 is 9.64 Å². The minimum Gasteiger partial charge on any atom is -0.366 e. The van der Waals surface area contributed by atoms with Gasteiger partial charge in [-0.25, -0.2) is 0 Å². The van der Waals surface area contributed by atoms with E-state index in [1.54, 1.807) is 30.9 Å². The molecule has 0 aliphatic rings. The molecular weight excluding hydrogens is 190 g/mol. The van der Waals surface area contributed by atoms with Crippen molar-refractivity contribution in [3.05, 3.63) is 25.3 Å². The SMILES string of the molecule is C=CCN(CC=C)C(=O)C(C)(C)OCC. The minimum absolute atomic E-state index is 0.0378. The molecule has 15 heavy (non-hydrogen) atoms. The Kier molecular flexibility index (Phi) is 5.94. The van der Waals surface area contributed by atoms with E-state index in [9.17, 15) is 4.79 Å². The lowest BCUT2D eigenvalue weighted by Gasteiger charge is -2.30. The molecule has 0 spiro atoms. The molecule has 0 fully saturated rings. The second kappa shape index (κ2) is 6.40. The van der Waals surface area contributed by atoms with Crippen LogP contribution in [0, 0.1) is 0 Å². The van der Waals surface area contributed by atoms with Crippen LogP contribution in [0.5, 0.6) is 0 Å². The van der Waals surface area contributed by atoms with Crippen LogP contribution in [0.2, 0.25) is 0 Å². The molecule has 0 atom stereocenters. The van der Waals surface area contributed by atoms with Gasteiger partial charge in [0.05, 0.1) is 0 Å². The number of ether oxygens (including phenoxy) is 1. The fourth-order valence-electron chi connectivity index (χ4n) is 1.36. The zero-order chi connectivity index (χ0) is 11.9. The van der Waals surface area contributed by atoms with E-state index < -0.39 is 5.60 Å². The van der Waals surface area contributed by atoms with Crippen LogP contribution >= 0.6 is 0 Å². The largest absolute Gasteiger partial charge is 0.366 e. The summed E-state index contributed by atoms with van der Waals surface area (Å²) in [4.78, 5) is 13.7. The van der Waals surface area contributed by atoms with Crippen molar-refractivity contribution in [1.82, 2.24) is 4.90 Å². The summed E-state index contributed by atoms with van der Waals surface area (Å²) in [6.07, 6.45) is 3.40. The summed E-state index contributed by atoms with van der Waals surface area (Å²) in [5.41, 5.74) is -0.777. The Morgan fingerprint density at radius 3 is 2.13 bits per heavy atom. The maximum Gasteiger partial charge on any atom is 0.254 e. The third kappa shape index (κ3) is 4.30. The van der Waals surface area contributed by atoms with Crippen LogP contribution in [0.3, 0.4) is 0 Å². The molecule has 1 amide bonds. The Balaban J connectivity index is 4.59. The maximum atomic E-state index is 12.0. The van der Waals surface area contributed by atoms with Crippen molar-refractivity contribution in [2.75, 3.05) is 19.7 Å². The summed E-state index contributed by atoms with van der Waals surface area (Å²) < 4.78 is 5.40. The van der Waals surface area contributed by atoms with Gasteiger partial charge in [-0.2, -0.15) is 0 Å². The number of hydrogen-bond acceptors (Lipinski definition) is 2. The molecule has 0 rings (SSSR count). The van der Waals surface area contributed by atoms with Crippen LogP contribution in [-0.2, 0) is 9.53 Å². The van der Waals surface area contributed by atoms with Crippen molar-refractivity contribution in [2.24, 2.45) is 0 Å². The first kappa shape index (κ1) is 13.9. The summed E-state index contributed by atoms with van der Waals surface area (Å²) in [6.45, 7) is 14.2. The zero-order valence-corrected chi connectivity index (χ0v) is 9.95. The Morgan fingerprint density at radius 2 is 1.80 bits per heavy atom. The Bertz CT molecular complexity index is 224. The Hall–Kier alpha value is -1.09. The molecule has 0 aromatic rings. The lowest BCUT2D eigenvalue weighted by molar-refractivity contribution is -0.152. The first-order valence-electron chi connectivity index (χ1n) is 5.14. The van der Waals surface area contributed by atoms with Crippen molar-refractivity contribution in [3.8, 4) is 0 Å². The number of nitrogens with zero attached hydrogens (tertiary/aromatic N) is 1. The monoisotopic (exact) mass is 211 g/mol. The molecular formula is C12H21NO2. The first-order valence-corrected chi connectivity index (χ1v) is 5.14. The average molecular weight is 211 g/mol. The standard InChI is InChI=1S/C12H21NO2/c1-6-9-13(10-7-2)11(14)12(4,5)15-8-3/h6-7H,1-2,8-10H2,3-5H3. The van der Waals surface area contributed by atoms with Gasteiger partial charge in [0.2, 0.25) is 0 Å². The van der Waals surface area contributed by atoms with Crippen molar-refractivity contribution in [1.29, 1.82) is 0 Å². The summed E-state index contributed by atoms with van der Waals surface area (Å²) >= 11 is 0. The van der Waals surface area contributed by atoms with Crippen LogP contribution in [0.15, 0.2) is 25.3 Å². The highest BCUT2D eigenvalue weighted by atomic mass is 16.5. The molecule has 0 aromatic heterocycles. The Labute approximate surface area is 92.4 Å². The van der Waals surface area contributed by atoms with Gasteiger partial charge in [0, 0.05) is 19.7 Å². The molecule has 3 nitrogen and oxygen atoms in total. The number of rotatable bonds is 7. The van der Waals surface area contributed by atoms with Gasteiger partial charge in [0.25, 0.3) is 5.91 Å². The lowest BCUT2D eigenvalue weighted by atomic mass is 10.1. The smallest absolute Gasteiger partial charge is 0.254 e. The van der Waals surface area contributed by atoms with Crippen LogP contribution in [0.1, 0.15) is 20.8 Å². The van der Waals surface area contributed by atoms with Gasteiger partial charge in [-0.15, -0.1) is 13.2 Å². The van der Waals surface area contributed by atoms with E-state index in [4.69, 9.17) is 4.74 Å². The Morgan fingerprint density at radius 1 is 1.33 bits per heavy atom. The van der Waals surface area contributed by atoms with E-state index in [0.717, 1.165) is 0 Å². The molecule has 0 unspecified atom stereocenters. The van der Waals surface area contributed by atoms with Gasteiger partial charge in [-0.1, -0.05) is 12.2 Å². The minimum atomic E-state index is -0.777. The van der Waals surface area contributed by atoms with Crippen molar-refractivity contribution in [3.63, 3.8) is 0 Å². The highest BCUT2D eigenvalue weighted by Crippen LogP contribution is 2.13. The zero-order valence-electron chi connectivity index (χ0n) is 9.95. The molecule has 0 aromatic carbocycles. The van der Waals surface area contributed by atoms with Crippen LogP contribution in [0.4, 0.5) is 0 Å². The highest BCUT2D eigenvalue weighted by molar-refractivity contribution is 5.84. The van der Waals surface area contributed by atoms with Crippen molar-refractivity contribution in [2.45, 2.75) is 26.4 Å². The van der Waals surface area contributed by atoms with Gasteiger partial charge in [0.15, 0.2) is 0 Å². The summed E-state index contributed by atoms with van der Waals surface area (Å²) in [5, 5.41) is 0. The third-order valence-electron chi connectivity index (χ3n) is 2.01. The first-order chi connectivity index (χ1) is 6.99. The van der Waals surface area contributed by atoms with Crippen LogP contribution in [-0.4, -0.2) is 36.1 Å². The van der Waals surface area contributed by atoms with E-state index in [0.29, 0.717) is 19.7 Å². The normalized spacial score (nSPS) is 10.9. The van der Waals surface area contributed by atoms with E-state index in [1.807, 2.05) is 6.92 Å². The molecule has 86 valence electrons. The topological polar surface area (TPSA) is 29.5 Å². The summed E-state index contributed by atoms with van der Waals surface area (Å²) in [7, 11) is 0. The molecule has 0 radical (unpaired) electrons. The number of carbonyl (C=O) groups excluding carboxylic acids is 1. The molecule has 0 saturated heterocycles.